The van der Waals surface area contributed by atoms with Crippen molar-refractivity contribution < 1.29 is 9.84 Å². The maximum absolute atomic E-state index is 11.6. The molecule has 41 heavy (non-hydrogen) atoms. The number of aromatic hydroxyl groups is 1. The van der Waals surface area contributed by atoms with E-state index in [4.69, 9.17) is 28.6 Å². The fourth-order valence-corrected chi connectivity index (χ4v) is 7.21. The van der Waals surface area contributed by atoms with Crippen molar-refractivity contribution in [2.24, 2.45) is 0 Å². The van der Waals surface area contributed by atoms with Gasteiger partial charge in [0.15, 0.2) is 4.77 Å². The third kappa shape index (κ3) is 4.91. The Kier molecular flexibility index (Phi) is 7.19. The van der Waals surface area contributed by atoms with E-state index in [2.05, 4.69) is 54.6 Å². The van der Waals surface area contributed by atoms with Crippen molar-refractivity contribution in [1.82, 2.24) is 19.0 Å². The lowest BCUT2D eigenvalue weighted by molar-refractivity contribution is 0.263. The standard InChI is InChI=1S/C32H30BrClN4O2S/c33-21-6-13-27-25(18-21)26-19-28-31(39)37(23-9-7-22(34)8-10-23)32(41)38(28)30(29(26)35-27)20-4-11-24(12-5-20)40-17-3-16-36-14-1-2-15-36/h4-13,18,30,35,39H,1-3,14-17,19H2. The summed E-state index contributed by atoms with van der Waals surface area (Å²) in [6, 6.07) is 21.7. The number of aromatic nitrogens is 3. The van der Waals surface area contributed by atoms with E-state index in [9.17, 15) is 5.11 Å². The molecule has 1 atom stereocenters. The Labute approximate surface area is 257 Å². The van der Waals surface area contributed by atoms with Crippen molar-refractivity contribution in [3.63, 3.8) is 0 Å². The van der Waals surface area contributed by atoms with Gasteiger partial charge in [-0.25, -0.2) is 0 Å². The molecule has 2 N–H and O–H groups in total. The molecule has 0 bridgehead atoms. The third-order valence-electron chi connectivity index (χ3n) is 8.30. The zero-order valence-corrected chi connectivity index (χ0v) is 25.6. The van der Waals surface area contributed by atoms with Crippen molar-refractivity contribution in [3.05, 3.63) is 104 Å². The smallest absolute Gasteiger partial charge is 0.218 e. The minimum absolute atomic E-state index is 0.148. The lowest BCUT2D eigenvalue weighted by atomic mass is 9.93. The predicted octanol–water partition coefficient (Wildman–Crippen LogP) is 8.02. The molecule has 0 amide bonds. The Balaban J connectivity index is 1.27. The topological polar surface area (TPSA) is 58.4 Å². The molecule has 1 saturated heterocycles. The van der Waals surface area contributed by atoms with E-state index in [1.807, 2.05) is 42.5 Å². The second kappa shape index (κ2) is 11.0. The van der Waals surface area contributed by atoms with Gasteiger partial charge in [0.1, 0.15) is 11.8 Å². The van der Waals surface area contributed by atoms with Gasteiger partial charge in [0, 0.05) is 39.1 Å². The van der Waals surface area contributed by atoms with Gasteiger partial charge in [-0.3, -0.25) is 4.57 Å². The number of aromatic amines is 1. The Bertz CT molecular complexity index is 1790. The van der Waals surface area contributed by atoms with E-state index in [1.165, 1.54) is 25.9 Å². The minimum atomic E-state index is -0.240. The highest BCUT2D eigenvalue weighted by molar-refractivity contribution is 9.10. The molecule has 1 fully saturated rings. The quantitative estimate of drug-likeness (QED) is 0.136. The van der Waals surface area contributed by atoms with Crippen molar-refractivity contribution in [2.45, 2.75) is 31.7 Å². The highest BCUT2D eigenvalue weighted by atomic mass is 79.9. The van der Waals surface area contributed by atoms with Gasteiger partial charge in [-0.2, -0.15) is 0 Å². The van der Waals surface area contributed by atoms with Crippen LogP contribution in [0.15, 0.2) is 71.2 Å². The van der Waals surface area contributed by atoms with Crippen molar-refractivity contribution in [3.8, 4) is 17.3 Å². The molecule has 4 heterocycles. The number of ether oxygens (including phenoxy) is 1. The first-order chi connectivity index (χ1) is 20.0. The van der Waals surface area contributed by atoms with E-state index in [1.54, 1.807) is 4.57 Å². The van der Waals surface area contributed by atoms with Gasteiger partial charge >= 0.3 is 0 Å². The molecule has 0 aliphatic carbocycles. The summed E-state index contributed by atoms with van der Waals surface area (Å²) < 4.78 is 11.5. The Morgan fingerprint density at radius 1 is 1.02 bits per heavy atom. The number of hydrogen-bond donors (Lipinski definition) is 2. The minimum Gasteiger partial charge on any atom is -0.494 e. The van der Waals surface area contributed by atoms with Crippen LogP contribution in [0, 0.1) is 4.77 Å². The molecule has 0 radical (unpaired) electrons. The Morgan fingerprint density at radius 3 is 2.54 bits per heavy atom. The van der Waals surface area contributed by atoms with Gasteiger partial charge in [-0.15, -0.1) is 0 Å². The second-order valence-corrected chi connectivity index (χ2v) is 12.6. The summed E-state index contributed by atoms with van der Waals surface area (Å²) in [6.07, 6.45) is 4.20. The van der Waals surface area contributed by atoms with Crippen molar-refractivity contribution in [2.75, 3.05) is 26.2 Å². The summed E-state index contributed by atoms with van der Waals surface area (Å²) in [4.78, 5) is 6.20. The van der Waals surface area contributed by atoms with Gasteiger partial charge < -0.3 is 24.3 Å². The fourth-order valence-electron chi connectivity index (χ4n) is 6.31. The van der Waals surface area contributed by atoms with Gasteiger partial charge in [0.2, 0.25) is 5.88 Å². The summed E-state index contributed by atoms with van der Waals surface area (Å²) in [6.45, 7) is 4.22. The number of nitrogens with zero attached hydrogens (tertiary/aromatic N) is 3. The number of likely N-dealkylation sites (tertiary alicyclic amines) is 1. The summed E-state index contributed by atoms with van der Waals surface area (Å²) >= 11 is 15.8. The third-order valence-corrected chi connectivity index (χ3v) is 9.43. The molecule has 2 aliphatic heterocycles. The molecule has 0 saturated carbocycles. The molecule has 1 unspecified atom stereocenters. The molecule has 210 valence electrons. The molecule has 9 heteroatoms. The van der Waals surface area contributed by atoms with Crippen LogP contribution >= 0.6 is 39.7 Å². The molecule has 6 nitrogen and oxygen atoms in total. The molecule has 0 spiro atoms. The SMILES string of the molecule is Oc1c2n(c(=S)n1-c1ccc(Cl)cc1)C(c1ccc(OCCCN3CCCC3)cc1)c1[nH]c3ccc(Br)cc3c1C2. The van der Waals surface area contributed by atoms with Gasteiger partial charge in [-0.1, -0.05) is 39.7 Å². The number of fused-ring (bicyclic) bond motifs is 4. The number of rotatable bonds is 7. The van der Waals surface area contributed by atoms with Crippen LogP contribution in [0.1, 0.15) is 47.8 Å². The predicted molar refractivity (Wildman–Crippen MR) is 170 cm³/mol. The largest absolute Gasteiger partial charge is 0.494 e. The van der Waals surface area contributed by atoms with E-state index in [-0.39, 0.29) is 11.9 Å². The highest BCUT2D eigenvalue weighted by Gasteiger charge is 2.34. The molecule has 3 aromatic carbocycles. The molecular formula is C32H30BrClN4O2S. The van der Waals surface area contributed by atoms with Crippen LogP contribution in [0.4, 0.5) is 0 Å². The second-order valence-electron chi connectivity index (χ2n) is 10.8. The Hall–Kier alpha value is -3.04. The summed E-state index contributed by atoms with van der Waals surface area (Å²) in [5.41, 5.74) is 5.91. The first-order valence-electron chi connectivity index (χ1n) is 14.0. The average Bonchev–Trinajstić information content (AvgIpc) is 3.69. The number of nitrogens with one attached hydrogen (secondary N) is 1. The summed E-state index contributed by atoms with van der Waals surface area (Å²) in [7, 11) is 0. The Morgan fingerprint density at radius 2 is 1.78 bits per heavy atom. The number of halogens is 2. The fraction of sp³-hybridized carbons (Fsp3) is 0.281. The zero-order chi connectivity index (χ0) is 28.1. The molecule has 2 aromatic heterocycles. The number of benzene rings is 3. The summed E-state index contributed by atoms with van der Waals surface area (Å²) in [5, 5.41) is 13.3. The van der Waals surface area contributed by atoms with E-state index >= 15 is 0 Å². The van der Waals surface area contributed by atoms with E-state index in [0.29, 0.717) is 22.8 Å². The van der Waals surface area contributed by atoms with Crippen molar-refractivity contribution in [1.29, 1.82) is 0 Å². The van der Waals surface area contributed by atoms with Crippen LogP contribution in [0.5, 0.6) is 11.6 Å². The molecule has 2 aliphatic rings. The zero-order valence-electron chi connectivity index (χ0n) is 22.4. The van der Waals surface area contributed by atoms with Crippen LogP contribution in [-0.2, 0) is 6.42 Å². The maximum Gasteiger partial charge on any atom is 0.218 e. The maximum atomic E-state index is 11.6. The van der Waals surface area contributed by atoms with Crippen LogP contribution in [-0.4, -0.2) is 50.4 Å². The normalized spacial score (nSPS) is 16.7. The van der Waals surface area contributed by atoms with E-state index < -0.39 is 0 Å². The lowest BCUT2D eigenvalue weighted by Gasteiger charge is -2.27. The average molecular weight is 650 g/mol. The van der Waals surface area contributed by atoms with Gasteiger partial charge in [0.25, 0.3) is 0 Å². The van der Waals surface area contributed by atoms with Crippen LogP contribution in [0.3, 0.4) is 0 Å². The molecule has 5 aromatic rings. The van der Waals surface area contributed by atoms with Crippen LogP contribution in [0.2, 0.25) is 5.02 Å². The first-order valence-corrected chi connectivity index (χ1v) is 15.6. The van der Waals surface area contributed by atoms with Crippen LogP contribution in [0.25, 0.3) is 16.6 Å². The van der Waals surface area contributed by atoms with Crippen molar-refractivity contribution >= 4 is 50.7 Å². The van der Waals surface area contributed by atoms with Gasteiger partial charge in [0.05, 0.1) is 18.0 Å². The van der Waals surface area contributed by atoms with E-state index in [0.717, 1.165) is 62.3 Å². The number of imidazole rings is 1. The van der Waals surface area contributed by atoms with Gasteiger partial charge in [-0.05, 0) is 110 Å². The van der Waals surface area contributed by atoms with Crippen LogP contribution < -0.4 is 4.74 Å². The number of hydrogen-bond acceptors (Lipinski definition) is 4. The first kappa shape index (κ1) is 26.8. The molecule has 7 rings (SSSR count). The molecular weight excluding hydrogens is 620 g/mol. The lowest BCUT2D eigenvalue weighted by Crippen LogP contribution is -2.22. The number of H-pyrrole nitrogens is 1. The highest BCUT2D eigenvalue weighted by Crippen LogP contribution is 2.44. The monoisotopic (exact) mass is 648 g/mol. The summed E-state index contributed by atoms with van der Waals surface area (Å²) in [5.74, 6) is 1.01.